The highest BCUT2D eigenvalue weighted by atomic mass is 16.5. The fraction of sp³-hybridized carbons (Fsp3) is 0.526. The summed E-state index contributed by atoms with van der Waals surface area (Å²) >= 11 is 0. The standard InChI is InChI=1S/C19H25N5O2/c1-14(2)18-20-19(26-21-18)23-11-9-22(10-12-23)13-17(25)24-8-7-15-5-3-4-6-16(15)24/h3-6,14H,7-13H2,1-2H3. The highest BCUT2D eigenvalue weighted by molar-refractivity contribution is 5.96. The minimum Gasteiger partial charge on any atom is -0.322 e. The van der Waals surface area contributed by atoms with E-state index in [0.717, 1.165) is 50.7 Å². The number of aromatic nitrogens is 2. The molecule has 26 heavy (non-hydrogen) atoms. The minimum absolute atomic E-state index is 0.184. The van der Waals surface area contributed by atoms with Gasteiger partial charge in [0.1, 0.15) is 0 Å². The second-order valence-corrected chi connectivity index (χ2v) is 7.28. The van der Waals surface area contributed by atoms with E-state index in [1.807, 2.05) is 23.1 Å². The summed E-state index contributed by atoms with van der Waals surface area (Å²) in [5.74, 6) is 1.18. The van der Waals surface area contributed by atoms with E-state index in [-0.39, 0.29) is 11.8 Å². The lowest BCUT2D eigenvalue weighted by molar-refractivity contribution is -0.119. The van der Waals surface area contributed by atoms with E-state index in [1.165, 1.54) is 5.56 Å². The molecule has 0 N–H and O–H groups in total. The van der Waals surface area contributed by atoms with Crippen molar-refractivity contribution in [3.05, 3.63) is 35.7 Å². The summed E-state index contributed by atoms with van der Waals surface area (Å²) in [4.78, 5) is 23.4. The molecular weight excluding hydrogens is 330 g/mol. The fourth-order valence-electron chi connectivity index (χ4n) is 3.56. The van der Waals surface area contributed by atoms with Gasteiger partial charge in [-0.2, -0.15) is 4.98 Å². The van der Waals surface area contributed by atoms with Gasteiger partial charge in [-0.15, -0.1) is 0 Å². The number of hydrogen-bond acceptors (Lipinski definition) is 6. The van der Waals surface area contributed by atoms with Crippen LogP contribution in [-0.2, 0) is 11.2 Å². The van der Waals surface area contributed by atoms with Gasteiger partial charge in [-0.25, -0.2) is 0 Å². The van der Waals surface area contributed by atoms with E-state index in [1.54, 1.807) is 0 Å². The van der Waals surface area contributed by atoms with Crippen LogP contribution in [0, 0.1) is 0 Å². The Kier molecular flexibility index (Phi) is 4.63. The molecule has 0 radical (unpaired) electrons. The molecule has 0 bridgehead atoms. The van der Waals surface area contributed by atoms with Crippen LogP contribution in [0.1, 0.15) is 31.2 Å². The molecule has 0 unspecified atom stereocenters. The van der Waals surface area contributed by atoms with Crippen molar-refractivity contribution in [2.75, 3.05) is 49.1 Å². The Labute approximate surface area is 153 Å². The van der Waals surface area contributed by atoms with Crippen LogP contribution in [0.3, 0.4) is 0 Å². The van der Waals surface area contributed by atoms with Gasteiger partial charge in [0, 0.05) is 44.3 Å². The number of fused-ring (bicyclic) bond motifs is 1. The molecule has 2 aliphatic heterocycles. The van der Waals surface area contributed by atoms with Crippen LogP contribution in [0.5, 0.6) is 0 Å². The van der Waals surface area contributed by atoms with E-state index in [2.05, 4.69) is 39.9 Å². The van der Waals surface area contributed by atoms with E-state index in [4.69, 9.17) is 4.52 Å². The van der Waals surface area contributed by atoms with Crippen LogP contribution in [0.25, 0.3) is 0 Å². The average Bonchev–Trinajstić information content (AvgIpc) is 3.30. The third kappa shape index (κ3) is 3.31. The number of benzene rings is 1. The van der Waals surface area contributed by atoms with E-state index < -0.39 is 0 Å². The Balaban J connectivity index is 1.32. The lowest BCUT2D eigenvalue weighted by atomic mass is 10.2. The summed E-state index contributed by atoms with van der Waals surface area (Å²) < 4.78 is 5.37. The number of amides is 1. The second kappa shape index (κ2) is 7.07. The lowest BCUT2D eigenvalue weighted by Gasteiger charge is -2.33. The Morgan fingerprint density at radius 1 is 1.15 bits per heavy atom. The third-order valence-electron chi connectivity index (χ3n) is 5.14. The van der Waals surface area contributed by atoms with Crippen LogP contribution in [0.4, 0.5) is 11.7 Å². The Morgan fingerprint density at radius 2 is 1.92 bits per heavy atom. The number of hydrogen-bond donors (Lipinski definition) is 0. The number of carbonyl (C=O) groups excluding carboxylic acids is 1. The zero-order chi connectivity index (χ0) is 18.1. The van der Waals surface area contributed by atoms with Crippen molar-refractivity contribution in [3.63, 3.8) is 0 Å². The number of anilines is 2. The number of carbonyl (C=O) groups is 1. The molecule has 0 atom stereocenters. The Hall–Kier alpha value is -2.41. The normalized spacial score (nSPS) is 17.8. The molecule has 7 nitrogen and oxygen atoms in total. The average molecular weight is 355 g/mol. The van der Waals surface area contributed by atoms with Gasteiger partial charge in [0.15, 0.2) is 5.82 Å². The first-order valence-electron chi connectivity index (χ1n) is 9.31. The SMILES string of the molecule is CC(C)c1noc(N2CCN(CC(=O)N3CCc4ccccc43)CC2)n1. The maximum atomic E-state index is 12.7. The van der Waals surface area contributed by atoms with Gasteiger partial charge in [0.05, 0.1) is 6.54 Å². The van der Waals surface area contributed by atoms with Crippen molar-refractivity contribution in [2.24, 2.45) is 0 Å². The molecule has 1 aromatic heterocycles. The summed E-state index contributed by atoms with van der Waals surface area (Å²) in [6.45, 7) is 8.58. The fourth-order valence-corrected chi connectivity index (χ4v) is 3.56. The molecule has 3 heterocycles. The van der Waals surface area contributed by atoms with Crippen molar-refractivity contribution < 1.29 is 9.32 Å². The molecule has 1 saturated heterocycles. The third-order valence-corrected chi connectivity index (χ3v) is 5.14. The molecule has 1 fully saturated rings. The van der Waals surface area contributed by atoms with Crippen molar-refractivity contribution >= 4 is 17.6 Å². The molecule has 1 aromatic carbocycles. The maximum Gasteiger partial charge on any atom is 0.324 e. The highest BCUT2D eigenvalue weighted by Gasteiger charge is 2.28. The van der Waals surface area contributed by atoms with Crippen LogP contribution in [-0.4, -0.2) is 60.2 Å². The molecule has 2 aliphatic rings. The topological polar surface area (TPSA) is 65.7 Å². The molecule has 0 aliphatic carbocycles. The van der Waals surface area contributed by atoms with E-state index in [0.29, 0.717) is 12.6 Å². The predicted molar refractivity (Wildman–Crippen MR) is 99.5 cm³/mol. The second-order valence-electron chi connectivity index (χ2n) is 7.28. The van der Waals surface area contributed by atoms with Gasteiger partial charge < -0.3 is 14.3 Å². The zero-order valence-corrected chi connectivity index (χ0v) is 15.4. The van der Waals surface area contributed by atoms with Crippen LogP contribution in [0.2, 0.25) is 0 Å². The van der Waals surface area contributed by atoms with Gasteiger partial charge in [0.2, 0.25) is 5.91 Å². The van der Waals surface area contributed by atoms with Crippen LogP contribution < -0.4 is 9.80 Å². The molecule has 1 amide bonds. The van der Waals surface area contributed by atoms with Crippen molar-refractivity contribution in [1.82, 2.24) is 15.0 Å². The van der Waals surface area contributed by atoms with Crippen molar-refractivity contribution in [3.8, 4) is 0 Å². The summed E-state index contributed by atoms with van der Waals surface area (Å²) in [5.41, 5.74) is 2.34. The Morgan fingerprint density at radius 3 is 2.65 bits per heavy atom. The van der Waals surface area contributed by atoms with Crippen LogP contribution >= 0.6 is 0 Å². The largest absolute Gasteiger partial charge is 0.324 e. The molecule has 2 aromatic rings. The van der Waals surface area contributed by atoms with Gasteiger partial charge in [-0.05, 0) is 18.1 Å². The van der Waals surface area contributed by atoms with Gasteiger partial charge >= 0.3 is 6.01 Å². The summed E-state index contributed by atoms with van der Waals surface area (Å²) in [6.07, 6.45) is 0.949. The molecule has 4 rings (SSSR count). The van der Waals surface area contributed by atoms with E-state index in [9.17, 15) is 4.79 Å². The molecule has 7 heteroatoms. The molecular formula is C19H25N5O2. The molecule has 0 saturated carbocycles. The predicted octanol–water partition coefficient (Wildman–Crippen LogP) is 1.90. The molecule has 138 valence electrons. The number of rotatable bonds is 4. The van der Waals surface area contributed by atoms with Gasteiger partial charge in [0.25, 0.3) is 0 Å². The van der Waals surface area contributed by atoms with E-state index >= 15 is 0 Å². The number of para-hydroxylation sites is 1. The van der Waals surface area contributed by atoms with Crippen molar-refractivity contribution in [2.45, 2.75) is 26.2 Å². The minimum atomic E-state index is 0.184. The Bertz CT molecular complexity index is 780. The number of piperazine rings is 1. The zero-order valence-electron chi connectivity index (χ0n) is 15.4. The summed E-state index contributed by atoms with van der Waals surface area (Å²) in [7, 11) is 0. The first-order chi connectivity index (χ1) is 12.6. The van der Waals surface area contributed by atoms with Crippen LogP contribution in [0.15, 0.2) is 28.8 Å². The highest BCUT2D eigenvalue weighted by Crippen LogP contribution is 2.27. The number of nitrogens with zero attached hydrogens (tertiary/aromatic N) is 5. The quantitative estimate of drug-likeness (QED) is 0.835. The van der Waals surface area contributed by atoms with Crippen molar-refractivity contribution in [1.29, 1.82) is 0 Å². The monoisotopic (exact) mass is 355 g/mol. The summed E-state index contributed by atoms with van der Waals surface area (Å²) in [5, 5.41) is 4.03. The maximum absolute atomic E-state index is 12.7. The smallest absolute Gasteiger partial charge is 0.322 e. The van der Waals surface area contributed by atoms with Gasteiger partial charge in [-0.1, -0.05) is 37.2 Å². The first-order valence-corrected chi connectivity index (χ1v) is 9.31. The first kappa shape index (κ1) is 17.0. The summed E-state index contributed by atoms with van der Waals surface area (Å²) in [6, 6.07) is 8.78. The molecule has 0 spiro atoms. The lowest BCUT2D eigenvalue weighted by Crippen LogP contribution is -2.50. The van der Waals surface area contributed by atoms with Gasteiger partial charge in [-0.3, -0.25) is 9.69 Å².